The van der Waals surface area contributed by atoms with Gasteiger partial charge in [0.2, 0.25) is 5.91 Å². The summed E-state index contributed by atoms with van der Waals surface area (Å²) >= 11 is 1.67. The van der Waals surface area contributed by atoms with Crippen molar-refractivity contribution in [3.05, 3.63) is 29.3 Å². The number of carbonyl (C=O) groups excluding carboxylic acids is 1. The zero-order valence-electron chi connectivity index (χ0n) is 13.1. The molecule has 0 radical (unpaired) electrons. The van der Waals surface area contributed by atoms with E-state index in [1.165, 1.54) is 0 Å². The van der Waals surface area contributed by atoms with Gasteiger partial charge >= 0.3 is 0 Å². The molecule has 4 heterocycles. The maximum Gasteiger partial charge on any atom is 0.229 e. The SMILES string of the molecule is CN1C[C@H]2CNC[C@@]2(C(=O)NCc2cn[nH]c2-c2cccs2)C1. The smallest absolute Gasteiger partial charge is 0.229 e. The summed E-state index contributed by atoms with van der Waals surface area (Å²) in [5, 5.41) is 15.8. The Morgan fingerprint density at radius 2 is 2.52 bits per heavy atom. The Morgan fingerprint density at radius 3 is 3.35 bits per heavy atom. The highest BCUT2D eigenvalue weighted by Gasteiger charge is 2.53. The van der Waals surface area contributed by atoms with E-state index in [2.05, 4.69) is 38.8 Å². The fourth-order valence-corrected chi connectivity index (χ4v) is 4.68. The number of thiophene rings is 1. The van der Waals surface area contributed by atoms with E-state index >= 15 is 0 Å². The minimum atomic E-state index is -0.276. The number of amides is 1. The van der Waals surface area contributed by atoms with E-state index in [1.54, 1.807) is 17.5 Å². The first kappa shape index (κ1) is 14.9. The van der Waals surface area contributed by atoms with Gasteiger partial charge in [-0.05, 0) is 18.5 Å². The van der Waals surface area contributed by atoms with Gasteiger partial charge in [-0.2, -0.15) is 5.10 Å². The molecule has 2 fully saturated rings. The summed E-state index contributed by atoms with van der Waals surface area (Å²) in [5.41, 5.74) is 1.76. The van der Waals surface area contributed by atoms with Crippen LogP contribution >= 0.6 is 11.3 Å². The van der Waals surface area contributed by atoms with Gasteiger partial charge in [0.15, 0.2) is 0 Å². The molecule has 0 saturated carbocycles. The van der Waals surface area contributed by atoms with Gasteiger partial charge in [-0.15, -0.1) is 11.3 Å². The third-order valence-corrected chi connectivity index (χ3v) is 5.96. The van der Waals surface area contributed by atoms with Crippen molar-refractivity contribution in [3.63, 3.8) is 0 Å². The Morgan fingerprint density at radius 1 is 1.61 bits per heavy atom. The van der Waals surface area contributed by atoms with Crippen molar-refractivity contribution in [1.29, 1.82) is 0 Å². The summed E-state index contributed by atoms with van der Waals surface area (Å²) in [5.74, 6) is 0.573. The number of aromatic amines is 1. The lowest BCUT2D eigenvalue weighted by Gasteiger charge is -2.26. The number of nitrogens with one attached hydrogen (secondary N) is 3. The Labute approximate surface area is 139 Å². The quantitative estimate of drug-likeness (QED) is 0.778. The average Bonchev–Trinajstić information content (AvgIpc) is 3.27. The lowest BCUT2D eigenvalue weighted by molar-refractivity contribution is -0.130. The normalized spacial score (nSPS) is 27.3. The fourth-order valence-electron chi connectivity index (χ4n) is 3.92. The third-order valence-electron chi connectivity index (χ3n) is 5.07. The molecule has 2 aromatic rings. The molecule has 6 nitrogen and oxygen atoms in total. The van der Waals surface area contributed by atoms with Crippen LogP contribution in [0.4, 0.5) is 0 Å². The topological polar surface area (TPSA) is 73.1 Å². The van der Waals surface area contributed by atoms with Crippen molar-refractivity contribution in [2.75, 3.05) is 33.2 Å². The second-order valence-electron chi connectivity index (χ2n) is 6.61. The highest BCUT2D eigenvalue weighted by Crippen LogP contribution is 2.38. The molecule has 1 amide bonds. The van der Waals surface area contributed by atoms with Crippen LogP contribution < -0.4 is 10.6 Å². The molecule has 0 aliphatic carbocycles. The van der Waals surface area contributed by atoms with Crippen molar-refractivity contribution < 1.29 is 4.79 Å². The minimum absolute atomic E-state index is 0.162. The first-order valence-electron chi connectivity index (χ1n) is 7.93. The van der Waals surface area contributed by atoms with Gasteiger partial charge in [0.1, 0.15) is 0 Å². The summed E-state index contributed by atoms with van der Waals surface area (Å²) < 4.78 is 0. The first-order valence-corrected chi connectivity index (χ1v) is 8.81. The minimum Gasteiger partial charge on any atom is -0.351 e. The Balaban J connectivity index is 1.48. The van der Waals surface area contributed by atoms with Crippen LogP contribution in [-0.4, -0.2) is 54.2 Å². The number of nitrogens with zero attached hydrogens (tertiary/aromatic N) is 2. The van der Waals surface area contributed by atoms with Crippen molar-refractivity contribution in [2.45, 2.75) is 6.54 Å². The number of H-pyrrole nitrogens is 1. The van der Waals surface area contributed by atoms with Gasteiger partial charge in [-0.25, -0.2) is 0 Å². The number of hydrogen-bond acceptors (Lipinski definition) is 5. The lowest BCUT2D eigenvalue weighted by Crippen LogP contribution is -2.46. The number of carbonyl (C=O) groups is 1. The standard InChI is InChI=1S/C16H21N5OS/c1-21-8-12-7-17-9-16(12,10-21)15(22)18-5-11-6-19-20-14(11)13-3-2-4-23-13/h2-4,6,12,17H,5,7-10H2,1H3,(H,18,22)(H,19,20)/t12-,16-/m1/s1. The molecule has 122 valence electrons. The molecule has 2 atom stereocenters. The van der Waals surface area contributed by atoms with E-state index in [0.29, 0.717) is 12.5 Å². The van der Waals surface area contributed by atoms with Crippen LogP contribution in [0.25, 0.3) is 10.6 Å². The molecule has 3 N–H and O–H groups in total. The van der Waals surface area contributed by atoms with Gasteiger partial charge in [-0.3, -0.25) is 9.89 Å². The summed E-state index contributed by atoms with van der Waals surface area (Å²) in [6.07, 6.45) is 1.80. The molecule has 0 aromatic carbocycles. The number of aromatic nitrogens is 2. The van der Waals surface area contributed by atoms with Gasteiger partial charge in [0.05, 0.1) is 22.2 Å². The summed E-state index contributed by atoms with van der Waals surface area (Å²) in [7, 11) is 2.10. The number of likely N-dealkylation sites (tertiary alicyclic amines) is 1. The van der Waals surface area contributed by atoms with Gasteiger partial charge < -0.3 is 15.5 Å². The molecule has 23 heavy (non-hydrogen) atoms. The van der Waals surface area contributed by atoms with Crippen LogP contribution in [0, 0.1) is 11.3 Å². The summed E-state index contributed by atoms with van der Waals surface area (Å²) in [4.78, 5) is 16.3. The van der Waals surface area contributed by atoms with Crippen LogP contribution in [0.3, 0.4) is 0 Å². The van der Waals surface area contributed by atoms with E-state index in [9.17, 15) is 4.79 Å². The zero-order chi connectivity index (χ0) is 15.9. The second-order valence-corrected chi connectivity index (χ2v) is 7.56. The first-order chi connectivity index (χ1) is 11.2. The molecule has 2 aliphatic rings. The molecule has 4 rings (SSSR count). The van der Waals surface area contributed by atoms with Gasteiger partial charge in [0, 0.05) is 44.2 Å². The molecule has 7 heteroatoms. The Bertz CT molecular complexity index is 697. The van der Waals surface area contributed by atoms with Crippen LogP contribution in [0.5, 0.6) is 0 Å². The van der Waals surface area contributed by atoms with Crippen molar-refractivity contribution in [1.82, 2.24) is 25.7 Å². The molecule has 2 aliphatic heterocycles. The monoisotopic (exact) mass is 331 g/mol. The molecule has 0 spiro atoms. The van der Waals surface area contributed by atoms with Crippen molar-refractivity contribution in [2.24, 2.45) is 11.3 Å². The molecule has 0 bridgehead atoms. The Kier molecular flexibility index (Phi) is 3.71. The average molecular weight is 331 g/mol. The second kappa shape index (κ2) is 5.74. The number of hydrogen-bond donors (Lipinski definition) is 3. The molecular formula is C16H21N5OS. The van der Waals surface area contributed by atoms with E-state index in [-0.39, 0.29) is 11.3 Å². The van der Waals surface area contributed by atoms with Crippen LogP contribution in [-0.2, 0) is 11.3 Å². The largest absolute Gasteiger partial charge is 0.351 e. The fraction of sp³-hybridized carbons (Fsp3) is 0.500. The van der Waals surface area contributed by atoms with Crippen LogP contribution in [0.1, 0.15) is 5.56 Å². The van der Waals surface area contributed by atoms with E-state index in [1.807, 2.05) is 11.4 Å². The lowest BCUT2D eigenvalue weighted by atomic mass is 9.80. The maximum atomic E-state index is 12.9. The van der Waals surface area contributed by atoms with E-state index in [0.717, 1.165) is 42.3 Å². The molecule has 2 aromatic heterocycles. The third kappa shape index (κ3) is 2.49. The Hall–Kier alpha value is -1.70. The highest BCUT2D eigenvalue weighted by atomic mass is 32.1. The summed E-state index contributed by atoms with van der Waals surface area (Å²) in [6, 6.07) is 4.08. The van der Waals surface area contributed by atoms with Crippen molar-refractivity contribution in [3.8, 4) is 10.6 Å². The predicted molar refractivity (Wildman–Crippen MR) is 90.0 cm³/mol. The molecule has 2 saturated heterocycles. The number of rotatable bonds is 4. The molecular weight excluding hydrogens is 310 g/mol. The van der Waals surface area contributed by atoms with E-state index in [4.69, 9.17) is 0 Å². The van der Waals surface area contributed by atoms with Gasteiger partial charge in [-0.1, -0.05) is 6.07 Å². The van der Waals surface area contributed by atoms with Crippen molar-refractivity contribution >= 4 is 17.2 Å². The zero-order valence-corrected chi connectivity index (χ0v) is 13.9. The highest BCUT2D eigenvalue weighted by molar-refractivity contribution is 7.13. The van der Waals surface area contributed by atoms with Crippen LogP contribution in [0.15, 0.2) is 23.7 Å². The van der Waals surface area contributed by atoms with E-state index < -0.39 is 0 Å². The number of fused-ring (bicyclic) bond motifs is 1. The maximum absolute atomic E-state index is 12.9. The molecule has 0 unspecified atom stereocenters. The van der Waals surface area contributed by atoms with Gasteiger partial charge in [0.25, 0.3) is 0 Å². The predicted octanol–water partition coefficient (Wildman–Crippen LogP) is 0.906. The summed E-state index contributed by atoms with van der Waals surface area (Å²) in [6.45, 7) is 4.05. The van der Waals surface area contributed by atoms with Crippen LogP contribution in [0.2, 0.25) is 0 Å².